The molecule has 138 valence electrons. The average molecular weight is 345 g/mol. The lowest BCUT2D eigenvalue weighted by atomic mass is 9.79. The zero-order valence-corrected chi connectivity index (χ0v) is 15.9. The Bertz CT molecular complexity index is 607. The van der Waals surface area contributed by atoms with Gasteiger partial charge in [-0.05, 0) is 36.6 Å². The highest BCUT2D eigenvalue weighted by molar-refractivity contribution is 5.94. The minimum Gasteiger partial charge on any atom is -0.338 e. The highest BCUT2D eigenvalue weighted by Gasteiger charge is 2.35. The van der Waals surface area contributed by atoms with Crippen molar-refractivity contribution < 1.29 is 4.79 Å². The molecule has 0 bridgehead atoms. The lowest BCUT2D eigenvalue weighted by Gasteiger charge is -2.42. The summed E-state index contributed by atoms with van der Waals surface area (Å²) < 4.78 is 0. The first-order valence-electron chi connectivity index (χ1n) is 9.40. The van der Waals surface area contributed by atoms with Crippen LogP contribution in [0.3, 0.4) is 0 Å². The number of carbonyl (C=O) groups is 1. The molecule has 0 spiro atoms. The van der Waals surface area contributed by atoms with Crippen LogP contribution in [-0.4, -0.2) is 73.0 Å². The first-order chi connectivity index (χ1) is 11.8. The number of likely N-dealkylation sites (tertiary alicyclic amines) is 1. The molecule has 1 amide bonds. The Morgan fingerprint density at radius 1 is 1.20 bits per heavy atom. The van der Waals surface area contributed by atoms with Crippen molar-refractivity contribution in [2.24, 2.45) is 11.1 Å². The lowest BCUT2D eigenvalue weighted by molar-refractivity contribution is 0.0533. The van der Waals surface area contributed by atoms with Gasteiger partial charge in [-0.1, -0.05) is 26.0 Å². The van der Waals surface area contributed by atoms with E-state index in [-0.39, 0.29) is 17.4 Å². The minimum atomic E-state index is -0.0225. The maximum absolute atomic E-state index is 12.9. The molecule has 2 aliphatic heterocycles. The van der Waals surface area contributed by atoms with Gasteiger partial charge >= 0.3 is 0 Å². The van der Waals surface area contributed by atoms with Gasteiger partial charge in [0.15, 0.2) is 0 Å². The number of carbonyl (C=O) groups excluding carboxylic acids is 1. The van der Waals surface area contributed by atoms with E-state index >= 15 is 0 Å². The Hall–Kier alpha value is -1.43. The van der Waals surface area contributed by atoms with Crippen molar-refractivity contribution in [2.75, 3.05) is 46.3 Å². The molecule has 25 heavy (non-hydrogen) atoms. The van der Waals surface area contributed by atoms with E-state index in [9.17, 15) is 4.79 Å². The van der Waals surface area contributed by atoms with Gasteiger partial charge in [-0.2, -0.15) is 0 Å². The molecule has 1 unspecified atom stereocenters. The van der Waals surface area contributed by atoms with Crippen LogP contribution in [0, 0.1) is 5.41 Å². The molecular weight excluding hydrogens is 312 g/mol. The van der Waals surface area contributed by atoms with Gasteiger partial charge in [-0.3, -0.25) is 9.69 Å². The SMILES string of the molecule is CN1CCN(Cc2cccc(C(=O)N3CCC(N)C(C)(C)C3)c2)CC1. The summed E-state index contributed by atoms with van der Waals surface area (Å²) in [6.45, 7) is 11.1. The van der Waals surface area contributed by atoms with E-state index in [0.717, 1.165) is 57.8 Å². The second-order valence-corrected chi connectivity index (χ2v) is 8.39. The minimum absolute atomic E-state index is 0.0225. The second kappa shape index (κ2) is 7.44. The van der Waals surface area contributed by atoms with Crippen LogP contribution in [0.15, 0.2) is 24.3 Å². The molecule has 0 radical (unpaired) electrons. The fourth-order valence-electron chi connectivity index (χ4n) is 3.80. The summed E-state index contributed by atoms with van der Waals surface area (Å²) in [5.74, 6) is 0.139. The fourth-order valence-corrected chi connectivity index (χ4v) is 3.80. The Labute approximate surface area is 151 Å². The van der Waals surface area contributed by atoms with Crippen LogP contribution in [-0.2, 0) is 6.54 Å². The van der Waals surface area contributed by atoms with E-state index in [4.69, 9.17) is 5.73 Å². The Morgan fingerprint density at radius 2 is 1.92 bits per heavy atom. The van der Waals surface area contributed by atoms with E-state index in [2.05, 4.69) is 42.8 Å². The summed E-state index contributed by atoms with van der Waals surface area (Å²) in [6.07, 6.45) is 0.875. The summed E-state index contributed by atoms with van der Waals surface area (Å²) in [6, 6.07) is 8.32. The van der Waals surface area contributed by atoms with E-state index in [1.54, 1.807) is 0 Å². The van der Waals surface area contributed by atoms with Crippen molar-refractivity contribution in [1.29, 1.82) is 0 Å². The Kier molecular flexibility index (Phi) is 5.46. The van der Waals surface area contributed by atoms with Crippen molar-refractivity contribution in [1.82, 2.24) is 14.7 Å². The molecule has 0 saturated carbocycles. The summed E-state index contributed by atoms with van der Waals surface area (Å²) in [5, 5.41) is 0. The van der Waals surface area contributed by atoms with Gasteiger partial charge in [0.1, 0.15) is 0 Å². The van der Waals surface area contributed by atoms with E-state index in [1.807, 2.05) is 17.0 Å². The summed E-state index contributed by atoms with van der Waals surface area (Å²) >= 11 is 0. The number of hydrogen-bond acceptors (Lipinski definition) is 4. The first-order valence-corrected chi connectivity index (χ1v) is 9.40. The first kappa shape index (κ1) is 18.4. The topological polar surface area (TPSA) is 52.8 Å². The second-order valence-electron chi connectivity index (χ2n) is 8.39. The smallest absolute Gasteiger partial charge is 0.253 e. The van der Waals surface area contributed by atoms with E-state index in [1.165, 1.54) is 5.56 Å². The molecule has 3 rings (SSSR count). The van der Waals surface area contributed by atoms with Crippen LogP contribution in [0.1, 0.15) is 36.2 Å². The quantitative estimate of drug-likeness (QED) is 0.906. The van der Waals surface area contributed by atoms with Crippen LogP contribution in [0.5, 0.6) is 0 Å². The van der Waals surface area contributed by atoms with Crippen LogP contribution < -0.4 is 5.73 Å². The number of amides is 1. The van der Waals surface area contributed by atoms with E-state index < -0.39 is 0 Å². The monoisotopic (exact) mass is 344 g/mol. The molecule has 2 saturated heterocycles. The van der Waals surface area contributed by atoms with Gasteiger partial charge in [-0.25, -0.2) is 0 Å². The molecule has 1 atom stereocenters. The molecule has 2 heterocycles. The van der Waals surface area contributed by atoms with E-state index in [0.29, 0.717) is 0 Å². The zero-order valence-electron chi connectivity index (χ0n) is 15.9. The van der Waals surface area contributed by atoms with Gasteiger partial charge in [0, 0.05) is 57.4 Å². The van der Waals surface area contributed by atoms with Gasteiger partial charge in [0.2, 0.25) is 0 Å². The number of hydrogen-bond donors (Lipinski definition) is 1. The molecular formula is C20H32N4O. The Balaban J connectivity index is 1.65. The molecule has 0 aliphatic carbocycles. The normalized spacial score (nSPS) is 25.1. The average Bonchev–Trinajstić information content (AvgIpc) is 2.59. The third kappa shape index (κ3) is 4.40. The van der Waals surface area contributed by atoms with Crippen LogP contribution >= 0.6 is 0 Å². The highest BCUT2D eigenvalue weighted by atomic mass is 16.2. The largest absolute Gasteiger partial charge is 0.338 e. The number of piperazine rings is 1. The number of likely N-dealkylation sites (N-methyl/N-ethyl adjacent to an activating group) is 1. The predicted octanol–water partition coefficient (Wildman–Crippen LogP) is 1.63. The van der Waals surface area contributed by atoms with Crippen molar-refractivity contribution >= 4 is 5.91 Å². The number of rotatable bonds is 3. The van der Waals surface area contributed by atoms with Crippen molar-refractivity contribution in [3.63, 3.8) is 0 Å². The number of nitrogens with zero attached hydrogens (tertiary/aromatic N) is 3. The molecule has 2 N–H and O–H groups in total. The van der Waals surface area contributed by atoms with Crippen molar-refractivity contribution in [3.8, 4) is 0 Å². The molecule has 2 aliphatic rings. The predicted molar refractivity (Wildman–Crippen MR) is 101 cm³/mol. The van der Waals surface area contributed by atoms with Crippen molar-refractivity contribution in [3.05, 3.63) is 35.4 Å². The van der Waals surface area contributed by atoms with Gasteiger partial charge < -0.3 is 15.5 Å². The molecule has 0 aromatic heterocycles. The zero-order chi connectivity index (χ0) is 18.0. The highest BCUT2D eigenvalue weighted by Crippen LogP contribution is 2.28. The van der Waals surface area contributed by atoms with Gasteiger partial charge in [0.05, 0.1) is 0 Å². The fraction of sp³-hybridized carbons (Fsp3) is 0.650. The van der Waals surface area contributed by atoms with Gasteiger partial charge in [0.25, 0.3) is 5.91 Å². The van der Waals surface area contributed by atoms with Crippen LogP contribution in [0.25, 0.3) is 0 Å². The van der Waals surface area contributed by atoms with Gasteiger partial charge in [-0.15, -0.1) is 0 Å². The molecule has 1 aromatic rings. The van der Waals surface area contributed by atoms with Crippen molar-refractivity contribution in [2.45, 2.75) is 32.9 Å². The molecule has 5 nitrogen and oxygen atoms in total. The Morgan fingerprint density at radius 3 is 2.60 bits per heavy atom. The summed E-state index contributed by atoms with van der Waals surface area (Å²) in [4.78, 5) is 19.7. The standard InChI is InChI=1S/C20H32N4O/c1-20(2)15-24(8-7-18(20)21)19(25)17-6-4-5-16(13-17)14-23-11-9-22(3)10-12-23/h4-6,13,18H,7-12,14-15,21H2,1-3H3. The molecule has 1 aromatic carbocycles. The number of nitrogens with two attached hydrogens (primary N) is 1. The maximum Gasteiger partial charge on any atom is 0.253 e. The number of piperidine rings is 1. The lowest BCUT2D eigenvalue weighted by Crippen LogP contribution is -2.54. The third-order valence-electron chi connectivity index (χ3n) is 5.78. The van der Waals surface area contributed by atoms with Crippen LogP contribution in [0.2, 0.25) is 0 Å². The van der Waals surface area contributed by atoms with Crippen LogP contribution in [0.4, 0.5) is 0 Å². The third-order valence-corrected chi connectivity index (χ3v) is 5.78. The summed E-state index contributed by atoms with van der Waals surface area (Å²) in [5.41, 5.74) is 8.21. The number of benzene rings is 1. The summed E-state index contributed by atoms with van der Waals surface area (Å²) in [7, 11) is 2.17. The molecule has 2 fully saturated rings. The molecule has 5 heteroatoms. The maximum atomic E-state index is 12.9.